The van der Waals surface area contributed by atoms with Gasteiger partial charge in [0.2, 0.25) is 0 Å². The fraction of sp³-hybridized carbons (Fsp3) is 0.417. The number of hydrogen-bond acceptors (Lipinski definition) is 2. The summed E-state index contributed by atoms with van der Waals surface area (Å²) in [5.41, 5.74) is 0.832. The van der Waals surface area contributed by atoms with Crippen LogP contribution in [0.25, 0.3) is 0 Å². The Kier molecular flexibility index (Phi) is 3.22. The third-order valence-corrected chi connectivity index (χ3v) is 3.47. The van der Waals surface area contributed by atoms with E-state index in [2.05, 4.69) is 15.9 Å². The van der Waals surface area contributed by atoms with Crippen molar-refractivity contribution in [2.75, 3.05) is 0 Å². The van der Waals surface area contributed by atoms with E-state index in [0.717, 1.165) is 22.9 Å². The lowest BCUT2D eigenvalue weighted by Gasteiger charge is -2.16. The van der Waals surface area contributed by atoms with E-state index in [1.807, 2.05) is 24.3 Å². The minimum absolute atomic E-state index is 0.189. The van der Waals surface area contributed by atoms with E-state index < -0.39 is 6.10 Å². The maximum absolute atomic E-state index is 11.5. The fourth-order valence-electron chi connectivity index (χ4n) is 2.07. The largest absolute Gasteiger partial charge is 0.388 e. The molecule has 1 saturated carbocycles. The fourth-order valence-corrected chi connectivity index (χ4v) is 2.33. The summed E-state index contributed by atoms with van der Waals surface area (Å²) < 4.78 is 0.983. The molecule has 0 aliphatic heterocycles. The van der Waals surface area contributed by atoms with Crippen LogP contribution in [0, 0.1) is 5.92 Å². The molecule has 1 unspecified atom stereocenters. The van der Waals surface area contributed by atoms with Crippen LogP contribution >= 0.6 is 15.9 Å². The molecule has 0 heterocycles. The molecule has 0 aromatic heterocycles. The van der Waals surface area contributed by atoms with Gasteiger partial charge in [0.15, 0.2) is 0 Å². The maximum atomic E-state index is 11.5. The zero-order valence-corrected chi connectivity index (χ0v) is 9.90. The van der Waals surface area contributed by atoms with Crippen molar-refractivity contribution < 1.29 is 9.90 Å². The molecule has 1 N–H and O–H groups in total. The van der Waals surface area contributed by atoms with E-state index in [0.29, 0.717) is 6.42 Å². The predicted octanol–water partition coefficient (Wildman–Crippen LogP) is 2.85. The van der Waals surface area contributed by atoms with Gasteiger partial charge in [-0.2, -0.15) is 0 Å². The highest BCUT2D eigenvalue weighted by Gasteiger charge is 2.31. The van der Waals surface area contributed by atoms with Crippen molar-refractivity contribution in [2.45, 2.75) is 25.4 Å². The molecule has 2 atom stereocenters. The molecular weight excluding hydrogens is 256 g/mol. The van der Waals surface area contributed by atoms with Gasteiger partial charge in [0.05, 0.1) is 6.10 Å². The first-order chi connectivity index (χ1) is 7.18. The van der Waals surface area contributed by atoms with Crippen LogP contribution in [0.2, 0.25) is 0 Å². The quantitative estimate of drug-likeness (QED) is 0.896. The highest BCUT2D eigenvalue weighted by molar-refractivity contribution is 9.10. The molecule has 2 nitrogen and oxygen atoms in total. The van der Waals surface area contributed by atoms with Crippen molar-refractivity contribution in [2.24, 2.45) is 5.92 Å². The third-order valence-electron chi connectivity index (χ3n) is 2.94. The molecular formula is C12H13BrO2. The second kappa shape index (κ2) is 4.45. The highest BCUT2D eigenvalue weighted by atomic mass is 79.9. The molecule has 0 radical (unpaired) electrons. The van der Waals surface area contributed by atoms with Gasteiger partial charge in [0.25, 0.3) is 0 Å². The zero-order valence-electron chi connectivity index (χ0n) is 8.32. The summed E-state index contributed by atoms with van der Waals surface area (Å²) in [6, 6.07) is 7.50. The number of hydrogen-bond donors (Lipinski definition) is 1. The first-order valence-electron chi connectivity index (χ1n) is 5.15. The second-order valence-corrected chi connectivity index (χ2v) is 4.88. The number of carbonyl (C=O) groups excluding carboxylic acids is 1. The van der Waals surface area contributed by atoms with E-state index in [9.17, 15) is 9.90 Å². The van der Waals surface area contributed by atoms with Gasteiger partial charge in [-0.05, 0) is 30.5 Å². The number of carbonyl (C=O) groups is 1. The summed E-state index contributed by atoms with van der Waals surface area (Å²) in [6.07, 6.45) is 1.72. The molecule has 15 heavy (non-hydrogen) atoms. The van der Waals surface area contributed by atoms with Crippen LogP contribution in [0.4, 0.5) is 0 Å². The number of rotatable bonds is 2. The standard InChI is InChI=1S/C12H13BrO2/c13-9-6-4-8(5-7-9)12(15)10-2-1-3-11(10)14/h4-7,10,12,15H,1-3H2/t10?,12-/m0/s1. The van der Waals surface area contributed by atoms with E-state index in [1.165, 1.54) is 0 Å². The summed E-state index contributed by atoms with van der Waals surface area (Å²) in [4.78, 5) is 11.5. The highest BCUT2D eigenvalue weighted by Crippen LogP contribution is 2.33. The molecule has 0 saturated heterocycles. The SMILES string of the molecule is O=C1CCCC1[C@@H](O)c1ccc(Br)cc1. The Balaban J connectivity index is 2.16. The summed E-state index contributed by atoms with van der Waals surface area (Å²) in [6.45, 7) is 0. The van der Waals surface area contributed by atoms with Gasteiger partial charge in [0.1, 0.15) is 5.78 Å². The zero-order chi connectivity index (χ0) is 10.8. The van der Waals surface area contributed by atoms with Gasteiger partial charge in [-0.25, -0.2) is 0 Å². The molecule has 80 valence electrons. The average Bonchev–Trinajstić information content (AvgIpc) is 2.65. The first-order valence-corrected chi connectivity index (χ1v) is 5.94. The number of Topliss-reactive ketones (excluding diaryl/α,β-unsaturated/α-hetero) is 1. The van der Waals surface area contributed by atoms with Gasteiger partial charge in [-0.15, -0.1) is 0 Å². The lowest BCUT2D eigenvalue weighted by molar-refractivity contribution is -0.123. The average molecular weight is 269 g/mol. The maximum Gasteiger partial charge on any atom is 0.138 e. The lowest BCUT2D eigenvalue weighted by atomic mass is 9.94. The van der Waals surface area contributed by atoms with Gasteiger partial charge in [0, 0.05) is 16.8 Å². The molecule has 1 aromatic carbocycles. The van der Waals surface area contributed by atoms with Gasteiger partial charge in [-0.1, -0.05) is 28.1 Å². The van der Waals surface area contributed by atoms with E-state index in [4.69, 9.17) is 0 Å². The Labute approximate surface area is 97.4 Å². The Morgan fingerprint density at radius 2 is 2.00 bits per heavy atom. The summed E-state index contributed by atoms with van der Waals surface area (Å²) in [7, 11) is 0. The Hall–Kier alpha value is -0.670. The molecule has 1 aromatic rings. The monoisotopic (exact) mass is 268 g/mol. The van der Waals surface area contributed by atoms with Crippen molar-refractivity contribution in [3.8, 4) is 0 Å². The van der Waals surface area contributed by atoms with Gasteiger partial charge < -0.3 is 5.11 Å². The van der Waals surface area contributed by atoms with E-state index in [-0.39, 0.29) is 11.7 Å². The van der Waals surface area contributed by atoms with Crippen LogP contribution in [0.3, 0.4) is 0 Å². The minimum atomic E-state index is -0.631. The van der Waals surface area contributed by atoms with Crippen molar-refractivity contribution in [1.82, 2.24) is 0 Å². The number of ketones is 1. The predicted molar refractivity (Wildman–Crippen MR) is 61.4 cm³/mol. The first kappa shape index (κ1) is 10.8. The molecule has 1 fully saturated rings. The molecule has 0 spiro atoms. The molecule has 1 aliphatic carbocycles. The molecule has 3 heteroatoms. The summed E-state index contributed by atoms with van der Waals surface area (Å²) >= 11 is 3.34. The molecule has 0 bridgehead atoms. The second-order valence-electron chi connectivity index (χ2n) is 3.96. The molecule has 2 rings (SSSR count). The normalized spacial score (nSPS) is 23.1. The smallest absolute Gasteiger partial charge is 0.138 e. The van der Waals surface area contributed by atoms with E-state index in [1.54, 1.807) is 0 Å². The molecule has 1 aliphatic rings. The van der Waals surface area contributed by atoms with Crippen LogP contribution in [0.1, 0.15) is 30.9 Å². The van der Waals surface area contributed by atoms with Gasteiger partial charge in [-0.3, -0.25) is 4.79 Å². The minimum Gasteiger partial charge on any atom is -0.388 e. The topological polar surface area (TPSA) is 37.3 Å². The van der Waals surface area contributed by atoms with Crippen LogP contribution in [-0.4, -0.2) is 10.9 Å². The van der Waals surface area contributed by atoms with Crippen molar-refractivity contribution in [3.05, 3.63) is 34.3 Å². The number of aliphatic hydroxyl groups excluding tert-OH is 1. The molecule has 0 amide bonds. The third kappa shape index (κ3) is 2.29. The van der Waals surface area contributed by atoms with E-state index >= 15 is 0 Å². The number of benzene rings is 1. The van der Waals surface area contributed by atoms with Crippen LogP contribution in [0.15, 0.2) is 28.7 Å². The Morgan fingerprint density at radius 1 is 1.33 bits per heavy atom. The van der Waals surface area contributed by atoms with Crippen LogP contribution < -0.4 is 0 Å². The summed E-state index contributed by atoms with van der Waals surface area (Å²) in [5.74, 6) is 0.0107. The Bertz CT molecular complexity index is 358. The van der Waals surface area contributed by atoms with Crippen LogP contribution in [0.5, 0.6) is 0 Å². The number of aliphatic hydroxyl groups is 1. The van der Waals surface area contributed by atoms with Crippen molar-refractivity contribution in [1.29, 1.82) is 0 Å². The summed E-state index contributed by atoms with van der Waals surface area (Å²) in [5, 5.41) is 10.0. The lowest BCUT2D eigenvalue weighted by Crippen LogP contribution is -2.16. The van der Waals surface area contributed by atoms with Crippen LogP contribution in [-0.2, 0) is 4.79 Å². The Morgan fingerprint density at radius 3 is 2.53 bits per heavy atom. The van der Waals surface area contributed by atoms with Crippen molar-refractivity contribution >= 4 is 21.7 Å². The number of halogens is 1. The van der Waals surface area contributed by atoms with Gasteiger partial charge >= 0.3 is 0 Å². The van der Waals surface area contributed by atoms with Crippen molar-refractivity contribution in [3.63, 3.8) is 0 Å².